The van der Waals surface area contributed by atoms with Crippen molar-refractivity contribution in [2.75, 3.05) is 65.7 Å². The molecule has 3 heterocycles. The van der Waals surface area contributed by atoms with Crippen LogP contribution in [0.2, 0.25) is 0 Å². The van der Waals surface area contributed by atoms with Crippen LogP contribution in [0.25, 0.3) is 0 Å². The second-order valence-electron chi connectivity index (χ2n) is 11.8. The van der Waals surface area contributed by atoms with Gasteiger partial charge in [0.25, 0.3) is 0 Å². The molecule has 0 aromatic heterocycles. The van der Waals surface area contributed by atoms with E-state index in [0.29, 0.717) is 78.0 Å². The van der Waals surface area contributed by atoms with Crippen molar-refractivity contribution in [1.82, 2.24) is 20.4 Å². The number of morpholine rings is 1. The average Bonchev–Trinajstić information content (AvgIpc) is 3.05. The van der Waals surface area contributed by atoms with Crippen molar-refractivity contribution in [2.24, 2.45) is 11.7 Å². The van der Waals surface area contributed by atoms with E-state index in [1.54, 1.807) is 0 Å². The topological polar surface area (TPSA) is 139 Å². The van der Waals surface area contributed by atoms with E-state index in [4.69, 9.17) is 19.9 Å². The number of urea groups is 1. The molecule has 0 aliphatic carbocycles. The maximum atomic E-state index is 13.5. The summed E-state index contributed by atoms with van der Waals surface area (Å²) in [6, 6.07) is 18.8. The maximum Gasteiger partial charge on any atom is 0.320 e. The molecule has 5 N–H and O–H groups in total. The van der Waals surface area contributed by atoms with Crippen LogP contribution in [-0.2, 0) is 14.3 Å². The quantitative estimate of drug-likeness (QED) is 0.268. The van der Waals surface area contributed by atoms with Crippen LogP contribution >= 0.6 is 0 Å². The zero-order valence-electron chi connectivity index (χ0n) is 25.4. The molecule has 0 bridgehead atoms. The van der Waals surface area contributed by atoms with Gasteiger partial charge in [0.15, 0.2) is 0 Å². The number of aliphatic hydroxyl groups excluding tert-OH is 1. The van der Waals surface area contributed by atoms with Crippen molar-refractivity contribution >= 4 is 11.9 Å². The Morgan fingerprint density at radius 2 is 1.77 bits per heavy atom. The van der Waals surface area contributed by atoms with Gasteiger partial charge in [-0.2, -0.15) is 0 Å². The summed E-state index contributed by atoms with van der Waals surface area (Å²) < 4.78 is 17.0. The number of benzene rings is 2. The van der Waals surface area contributed by atoms with E-state index in [2.05, 4.69) is 47.0 Å². The van der Waals surface area contributed by atoms with Gasteiger partial charge in [-0.25, -0.2) is 4.79 Å². The Morgan fingerprint density at radius 3 is 2.57 bits per heavy atom. The molecule has 0 spiro atoms. The van der Waals surface area contributed by atoms with Gasteiger partial charge in [0.05, 0.1) is 38.5 Å². The van der Waals surface area contributed by atoms with Gasteiger partial charge in [-0.15, -0.1) is 0 Å². The number of carbonyl (C=O) groups is 2. The Balaban J connectivity index is 1.16. The normalized spacial score (nSPS) is 23.1. The molecular weight excluding hydrogens is 562 g/mol. The second-order valence-corrected chi connectivity index (χ2v) is 11.8. The van der Waals surface area contributed by atoms with E-state index in [-0.39, 0.29) is 30.0 Å². The van der Waals surface area contributed by atoms with Gasteiger partial charge in [0.2, 0.25) is 5.91 Å². The monoisotopic (exact) mass is 609 g/mol. The van der Waals surface area contributed by atoms with Crippen LogP contribution in [0.15, 0.2) is 54.6 Å². The van der Waals surface area contributed by atoms with Crippen LogP contribution in [0.5, 0.6) is 5.75 Å². The van der Waals surface area contributed by atoms with E-state index < -0.39 is 6.23 Å². The summed E-state index contributed by atoms with van der Waals surface area (Å²) in [6.45, 7) is 4.96. The van der Waals surface area contributed by atoms with Gasteiger partial charge in [0, 0.05) is 45.1 Å². The van der Waals surface area contributed by atoms with E-state index in [9.17, 15) is 14.7 Å². The predicted molar refractivity (Wildman–Crippen MR) is 166 cm³/mol. The van der Waals surface area contributed by atoms with Crippen molar-refractivity contribution in [3.05, 3.63) is 65.7 Å². The SMILES string of the molecule is NCCOCCC(=O)NCCOc1cccc([C@@H](c2ccccc2)C2CCN(C(=O)N3CCC4OCC(O)N[C@@H]4C3)CC2)c1. The Morgan fingerprint density at radius 1 is 1.00 bits per heavy atom. The zero-order valence-corrected chi connectivity index (χ0v) is 25.4. The third kappa shape index (κ3) is 8.70. The smallest absolute Gasteiger partial charge is 0.320 e. The second kappa shape index (κ2) is 16.2. The lowest BCUT2D eigenvalue weighted by Crippen LogP contribution is -2.63. The number of fused-ring (bicyclic) bond motifs is 1. The number of carbonyl (C=O) groups excluding carboxylic acids is 2. The zero-order chi connectivity index (χ0) is 30.7. The van der Waals surface area contributed by atoms with Gasteiger partial charge in [-0.05, 0) is 48.4 Å². The summed E-state index contributed by atoms with van der Waals surface area (Å²) in [5.41, 5.74) is 7.83. The van der Waals surface area contributed by atoms with Crippen molar-refractivity contribution in [1.29, 1.82) is 0 Å². The summed E-state index contributed by atoms with van der Waals surface area (Å²) >= 11 is 0. The van der Waals surface area contributed by atoms with Crippen LogP contribution < -0.4 is 21.1 Å². The van der Waals surface area contributed by atoms with Gasteiger partial charge in [0.1, 0.15) is 18.6 Å². The number of aliphatic hydroxyl groups is 1. The number of likely N-dealkylation sites (tertiary alicyclic amines) is 2. The number of hydrogen-bond acceptors (Lipinski definition) is 8. The van der Waals surface area contributed by atoms with Crippen molar-refractivity contribution < 1.29 is 28.9 Å². The molecule has 3 saturated heterocycles. The first kappa shape index (κ1) is 32.2. The number of nitrogens with one attached hydrogen (secondary N) is 2. The summed E-state index contributed by atoms with van der Waals surface area (Å²) in [7, 11) is 0. The molecular formula is C33H47N5O6. The number of piperidine rings is 2. The first-order valence-corrected chi connectivity index (χ1v) is 15.9. The summed E-state index contributed by atoms with van der Waals surface area (Å²) in [6.07, 6.45) is 2.24. The Hall–Kier alpha value is -3.22. The summed E-state index contributed by atoms with van der Waals surface area (Å²) in [5, 5.41) is 16.0. The van der Waals surface area contributed by atoms with Crippen molar-refractivity contribution in [3.8, 4) is 5.75 Å². The number of nitrogens with two attached hydrogens (primary N) is 1. The van der Waals surface area contributed by atoms with E-state index in [1.807, 2.05) is 28.0 Å². The minimum Gasteiger partial charge on any atom is -0.492 e. The van der Waals surface area contributed by atoms with E-state index in [0.717, 1.165) is 25.0 Å². The Labute approximate surface area is 260 Å². The summed E-state index contributed by atoms with van der Waals surface area (Å²) in [4.78, 5) is 29.4. The third-order valence-electron chi connectivity index (χ3n) is 8.78. The molecule has 3 fully saturated rings. The molecule has 4 atom stereocenters. The molecule has 3 aliphatic heterocycles. The summed E-state index contributed by atoms with van der Waals surface area (Å²) in [5.74, 6) is 1.24. The van der Waals surface area contributed by atoms with Crippen LogP contribution in [0.3, 0.4) is 0 Å². The lowest BCUT2D eigenvalue weighted by Gasteiger charge is -2.45. The number of rotatable bonds is 12. The maximum absolute atomic E-state index is 13.5. The minimum absolute atomic E-state index is 0.0386. The highest BCUT2D eigenvalue weighted by atomic mass is 16.5. The fraction of sp³-hybridized carbons (Fsp3) is 0.576. The molecule has 0 radical (unpaired) electrons. The molecule has 5 rings (SSSR count). The molecule has 44 heavy (non-hydrogen) atoms. The lowest BCUT2D eigenvalue weighted by molar-refractivity contribution is -0.122. The van der Waals surface area contributed by atoms with E-state index >= 15 is 0 Å². The number of ether oxygens (including phenoxy) is 3. The third-order valence-corrected chi connectivity index (χ3v) is 8.78. The van der Waals surface area contributed by atoms with Crippen LogP contribution in [-0.4, -0.2) is 111 Å². The molecule has 2 unspecified atom stereocenters. The molecule has 2 aromatic carbocycles. The fourth-order valence-corrected chi connectivity index (χ4v) is 6.59. The number of amides is 3. The fourth-order valence-electron chi connectivity index (χ4n) is 6.59. The highest BCUT2D eigenvalue weighted by Gasteiger charge is 2.38. The van der Waals surface area contributed by atoms with Crippen LogP contribution in [0.1, 0.15) is 42.7 Å². The molecule has 11 heteroatoms. The van der Waals surface area contributed by atoms with Crippen LogP contribution in [0.4, 0.5) is 4.79 Å². The standard InChI is InChI=1S/C33H47N5O6/c34-13-19-42-18-12-30(39)35-14-20-43-27-8-4-7-26(21-27)32(24-5-2-1-3-6-24)25-9-15-37(16-10-25)33(41)38-17-11-29-28(22-38)36-31(40)23-44-29/h1-8,21,25,28-29,31-32,36,40H,9-20,22-23,34H2,(H,35,39)/t28-,29?,31?,32+/m1/s1. The molecule has 0 saturated carbocycles. The highest BCUT2D eigenvalue weighted by Crippen LogP contribution is 2.39. The first-order valence-electron chi connectivity index (χ1n) is 15.9. The van der Waals surface area contributed by atoms with Crippen molar-refractivity contribution in [2.45, 2.75) is 50.0 Å². The largest absolute Gasteiger partial charge is 0.492 e. The van der Waals surface area contributed by atoms with Gasteiger partial charge in [-0.1, -0.05) is 42.5 Å². The van der Waals surface area contributed by atoms with Gasteiger partial charge >= 0.3 is 6.03 Å². The van der Waals surface area contributed by atoms with Crippen LogP contribution in [0, 0.1) is 5.92 Å². The molecule has 11 nitrogen and oxygen atoms in total. The molecule has 3 amide bonds. The van der Waals surface area contributed by atoms with Crippen molar-refractivity contribution in [3.63, 3.8) is 0 Å². The lowest BCUT2D eigenvalue weighted by atomic mass is 9.76. The molecule has 2 aromatic rings. The molecule has 3 aliphatic rings. The average molecular weight is 610 g/mol. The molecule has 240 valence electrons. The van der Waals surface area contributed by atoms with Gasteiger partial charge in [-0.3, -0.25) is 10.1 Å². The first-order chi connectivity index (χ1) is 21.5. The minimum atomic E-state index is -0.682. The number of nitrogens with zero attached hydrogens (tertiary/aromatic N) is 2. The Kier molecular flexibility index (Phi) is 11.8. The predicted octanol–water partition coefficient (Wildman–Crippen LogP) is 1.89. The number of hydrogen-bond donors (Lipinski definition) is 4. The van der Waals surface area contributed by atoms with E-state index in [1.165, 1.54) is 11.1 Å². The van der Waals surface area contributed by atoms with Gasteiger partial charge < -0.3 is 40.2 Å². The highest BCUT2D eigenvalue weighted by molar-refractivity contribution is 5.76. The Bertz CT molecular complexity index is 1190.